The van der Waals surface area contributed by atoms with Crippen LogP contribution >= 0.6 is 11.6 Å². The van der Waals surface area contributed by atoms with E-state index in [1.54, 1.807) is 7.11 Å². The van der Waals surface area contributed by atoms with Gasteiger partial charge in [0.1, 0.15) is 17.6 Å². The van der Waals surface area contributed by atoms with Crippen molar-refractivity contribution >= 4 is 28.8 Å². The summed E-state index contributed by atoms with van der Waals surface area (Å²) in [6.07, 6.45) is 3.98. The Balaban J connectivity index is 1.13. The summed E-state index contributed by atoms with van der Waals surface area (Å²) in [5.41, 5.74) is 9.03. The van der Waals surface area contributed by atoms with Crippen LogP contribution in [0.15, 0.2) is 60.2 Å². The average Bonchev–Trinajstić information content (AvgIpc) is 3.79. The zero-order valence-electron chi connectivity index (χ0n) is 27.4. The fraction of sp³-hybridized carbons (Fsp3) is 0.447. The minimum atomic E-state index is -0.00365. The fourth-order valence-electron chi connectivity index (χ4n) is 7.34. The van der Waals surface area contributed by atoms with E-state index in [1.807, 2.05) is 24.3 Å². The zero-order valence-corrected chi connectivity index (χ0v) is 28.1. The maximum Gasteiger partial charge on any atom is 0.252 e. The summed E-state index contributed by atoms with van der Waals surface area (Å²) in [7, 11) is 1.70. The minimum absolute atomic E-state index is 0.00365. The summed E-state index contributed by atoms with van der Waals surface area (Å²) in [6.45, 7) is 10.3. The molecule has 2 bridgehead atoms. The number of benzene rings is 3. The largest absolute Gasteiger partial charge is 0.496 e. The van der Waals surface area contributed by atoms with E-state index in [9.17, 15) is 4.79 Å². The number of aryl methyl sites for hydroxylation is 2. The molecule has 3 atom stereocenters. The van der Waals surface area contributed by atoms with Crippen molar-refractivity contribution in [2.75, 3.05) is 38.2 Å². The van der Waals surface area contributed by atoms with Crippen molar-refractivity contribution in [1.82, 2.24) is 15.5 Å². The second kappa shape index (κ2) is 12.9. The molecule has 46 heavy (non-hydrogen) atoms. The van der Waals surface area contributed by atoms with Crippen molar-refractivity contribution in [3.63, 3.8) is 0 Å². The Labute approximate surface area is 277 Å². The molecule has 3 aliphatic heterocycles. The molecule has 7 rings (SSSR count). The number of nitrogens with zero attached hydrogens (tertiary/aromatic N) is 2. The normalized spacial score (nSPS) is 22.6. The molecule has 3 aromatic rings. The quantitative estimate of drug-likeness (QED) is 0.290. The highest BCUT2D eigenvalue weighted by Crippen LogP contribution is 2.38. The smallest absolute Gasteiger partial charge is 0.252 e. The summed E-state index contributed by atoms with van der Waals surface area (Å²) < 4.78 is 12.0. The van der Waals surface area contributed by atoms with Gasteiger partial charge in [0.05, 0.1) is 24.7 Å². The Kier molecular flexibility index (Phi) is 8.75. The number of carbonyl (C=O) groups excluding carboxylic acids is 1. The van der Waals surface area contributed by atoms with Crippen LogP contribution in [0.5, 0.6) is 11.5 Å². The van der Waals surface area contributed by atoms with Crippen molar-refractivity contribution in [2.24, 2.45) is 0 Å². The molecule has 3 aromatic carbocycles. The second-order valence-electron chi connectivity index (χ2n) is 13.5. The summed E-state index contributed by atoms with van der Waals surface area (Å²) in [5.74, 6) is 1.79. The summed E-state index contributed by atoms with van der Waals surface area (Å²) in [5, 5.41) is 8.00. The van der Waals surface area contributed by atoms with Gasteiger partial charge in [-0.25, -0.2) is 0 Å². The number of carbonyl (C=O) groups is 1. The Hall–Kier alpha value is -3.52. The van der Waals surface area contributed by atoms with Gasteiger partial charge in [0.25, 0.3) is 5.91 Å². The predicted molar refractivity (Wildman–Crippen MR) is 185 cm³/mol. The molecular weight excluding hydrogens is 596 g/mol. The number of nitrogens with one attached hydrogen (secondary N) is 2. The minimum Gasteiger partial charge on any atom is -0.496 e. The first-order valence-electron chi connectivity index (χ1n) is 16.7. The Bertz CT molecular complexity index is 1650. The monoisotopic (exact) mass is 640 g/mol. The number of rotatable bonds is 9. The van der Waals surface area contributed by atoms with Gasteiger partial charge in [0.2, 0.25) is 0 Å². The lowest BCUT2D eigenvalue weighted by Crippen LogP contribution is -2.60. The van der Waals surface area contributed by atoms with Gasteiger partial charge in [0, 0.05) is 55.9 Å². The Morgan fingerprint density at radius 3 is 2.54 bits per heavy atom. The summed E-state index contributed by atoms with van der Waals surface area (Å²) in [4.78, 5) is 19.1. The maximum absolute atomic E-state index is 14.6. The zero-order chi connectivity index (χ0) is 31.9. The summed E-state index contributed by atoms with van der Waals surface area (Å²) >= 11 is 6.51. The Morgan fingerprint density at radius 2 is 1.78 bits per heavy atom. The van der Waals surface area contributed by atoms with Gasteiger partial charge in [-0.2, -0.15) is 0 Å². The maximum atomic E-state index is 14.6. The molecular formula is C38H45ClN4O3. The number of anilines is 1. The first-order valence-corrected chi connectivity index (χ1v) is 17.1. The SMILES string of the molecule is COc1cccc(CN(C(=O)C2=C(c3ccc(N4CC[C@H](Oc5cc(C)c(C)cc5Cl)C4)cc3)C[C@H]3CNC[C@@H]2N3)C2CC2)c1C. The van der Waals surface area contributed by atoms with Crippen LogP contribution in [-0.2, 0) is 11.3 Å². The molecule has 2 N–H and O–H groups in total. The van der Waals surface area contributed by atoms with Crippen molar-refractivity contribution in [1.29, 1.82) is 0 Å². The number of ether oxygens (including phenoxy) is 2. The third-order valence-corrected chi connectivity index (χ3v) is 10.6. The van der Waals surface area contributed by atoms with E-state index in [0.717, 1.165) is 85.6 Å². The first kappa shape index (κ1) is 31.1. The molecule has 3 heterocycles. The number of halogens is 1. The van der Waals surface area contributed by atoms with Crippen LogP contribution in [0.25, 0.3) is 5.57 Å². The van der Waals surface area contributed by atoms with Gasteiger partial charge >= 0.3 is 0 Å². The van der Waals surface area contributed by atoms with Crippen LogP contribution in [-0.4, -0.2) is 68.3 Å². The highest BCUT2D eigenvalue weighted by molar-refractivity contribution is 6.32. The standard InChI is InChI=1S/C38H45ClN4O3/c1-23-16-33(39)36(17-24(23)2)46-31-14-15-42(22-31)29-10-8-26(9-11-29)32-18-28-19-40-20-34(41-28)37(32)38(44)43(30-12-13-30)21-27-6-5-7-35(45-4)25(27)3/h5-11,16-17,28,30-31,34,40-41H,12-15,18-22H2,1-4H3/t28-,31-,34-/m0/s1. The molecule has 0 spiro atoms. The van der Waals surface area contributed by atoms with Crippen LogP contribution < -0.4 is 25.0 Å². The third kappa shape index (κ3) is 6.25. The van der Waals surface area contributed by atoms with E-state index in [1.165, 1.54) is 22.4 Å². The first-order chi connectivity index (χ1) is 22.3. The lowest BCUT2D eigenvalue weighted by Gasteiger charge is -2.41. The van der Waals surface area contributed by atoms with Crippen molar-refractivity contribution in [3.05, 3.63) is 93.0 Å². The van der Waals surface area contributed by atoms with Gasteiger partial charge < -0.3 is 29.9 Å². The topological polar surface area (TPSA) is 66.1 Å². The van der Waals surface area contributed by atoms with Gasteiger partial charge in [-0.3, -0.25) is 4.79 Å². The van der Waals surface area contributed by atoms with Crippen LogP contribution in [0.3, 0.4) is 0 Å². The number of piperazine rings is 1. The molecule has 3 fully saturated rings. The van der Waals surface area contributed by atoms with E-state index >= 15 is 0 Å². The van der Waals surface area contributed by atoms with E-state index in [2.05, 4.69) is 71.5 Å². The van der Waals surface area contributed by atoms with Gasteiger partial charge in [-0.15, -0.1) is 0 Å². The molecule has 0 radical (unpaired) electrons. The average molecular weight is 641 g/mol. The number of amides is 1. The van der Waals surface area contributed by atoms with E-state index in [0.29, 0.717) is 17.6 Å². The van der Waals surface area contributed by atoms with E-state index < -0.39 is 0 Å². The van der Waals surface area contributed by atoms with Crippen molar-refractivity contribution in [3.8, 4) is 11.5 Å². The molecule has 1 amide bonds. The molecule has 1 aliphatic carbocycles. The lowest BCUT2D eigenvalue weighted by molar-refractivity contribution is -0.128. The van der Waals surface area contributed by atoms with Crippen molar-refractivity contribution in [2.45, 2.75) is 77.2 Å². The molecule has 8 heteroatoms. The fourth-order valence-corrected chi connectivity index (χ4v) is 7.60. The molecule has 2 saturated heterocycles. The van der Waals surface area contributed by atoms with Gasteiger partial charge in [0.15, 0.2) is 0 Å². The molecule has 242 valence electrons. The highest BCUT2D eigenvalue weighted by atomic mass is 35.5. The number of methoxy groups -OCH3 is 1. The molecule has 4 aliphatic rings. The number of fused-ring (bicyclic) bond motifs is 2. The van der Waals surface area contributed by atoms with Crippen molar-refractivity contribution < 1.29 is 14.3 Å². The lowest BCUT2D eigenvalue weighted by atomic mass is 9.83. The van der Waals surface area contributed by atoms with E-state index in [-0.39, 0.29) is 24.1 Å². The molecule has 0 aromatic heterocycles. The van der Waals surface area contributed by atoms with Gasteiger partial charge in [-0.05, 0) is 104 Å². The van der Waals surface area contributed by atoms with Crippen LogP contribution in [0.4, 0.5) is 5.69 Å². The van der Waals surface area contributed by atoms with Crippen LogP contribution in [0.1, 0.15) is 53.5 Å². The number of hydrogen-bond acceptors (Lipinski definition) is 6. The molecule has 7 nitrogen and oxygen atoms in total. The predicted octanol–water partition coefficient (Wildman–Crippen LogP) is 6.21. The third-order valence-electron chi connectivity index (χ3n) is 10.3. The van der Waals surface area contributed by atoms with Crippen LogP contribution in [0, 0.1) is 20.8 Å². The molecule has 0 unspecified atom stereocenters. The van der Waals surface area contributed by atoms with E-state index in [4.69, 9.17) is 21.1 Å². The number of hydrogen-bond donors (Lipinski definition) is 2. The molecule has 1 saturated carbocycles. The Morgan fingerprint density at radius 1 is 1.00 bits per heavy atom. The summed E-state index contributed by atoms with van der Waals surface area (Å²) in [6, 6.07) is 19.6. The highest BCUT2D eigenvalue weighted by Gasteiger charge is 2.41. The van der Waals surface area contributed by atoms with Gasteiger partial charge in [-0.1, -0.05) is 35.9 Å². The van der Waals surface area contributed by atoms with Crippen LogP contribution in [0.2, 0.25) is 5.02 Å². The second-order valence-corrected chi connectivity index (χ2v) is 13.9.